The largest absolute Gasteiger partial charge is 0.300 e. The molecule has 204 valence electrons. The minimum absolute atomic E-state index is 0.00927. The summed E-state index contributed by atoms with van der Waals surface area (Å²) in [5, 5.41) is 0. The van der Waals surface area contributed by atoms with Crippen LogP contribution in [0, 0.1) is 54.1 Å². The zero-order chi connectivity index (χ0) is 28.3. The molecule has 2 saturated carbocycles. The molecule has 4 aliphatic rings. The molecule has 6 unspecified atom stereocenters. The van der Waals surface area contributed by atoms with Gasteiger partial charge in [-0.15, -0.1) is 0 Å². The van der Waals surface area contributed by atoms with E-state index in [9.17, 15) is 4.79 Å². The Labute approximate surface area is 224 Å². The van der Waals surface area contributed by atoms with E-state index in [0.29, 0.717) is 18.6 Å². The lowest BCUT2D eigenvalue weighted by atomic mass is 9.46. The molecule has 4 bridgehead atoms. The van der Waals surface area contributed by atoms with Crippen molar-refractivity contribution < 1.29 is 4.79 Å². The van der Waals surface area contributed by atoms with Gasteiger partial charge < -0.3 is 0 Å². The molecular weight excluding hydrogens is 436 g/mol. The number of fused-ring (bicyclic) bond motifs is 4. The molecule has 0 spiro atoms. The summed E-state index contributed by atoms with van der Waals surface area (Å²) >= 11 is 0. The molecule has 0 N–H and O–H groups in total. The molecule has 4 rings (SSSR count). The van der Waals surface area contributed by atoms with Crippen molar-refractivity contribution in [3.8, 4) is 0 Å². The number of rotatable bonds is 4. The number of carbonyl (C=O) groups excluding carboxylic acids is 1. The predicted molar refractivity (Wildman–Crippen MR) is 155 cm³/mol. The van der Waals surface area contributed by atoms with Gasteiger partial charge in [-0.05, 0) is 71.0 Å². The van der Waals surface area contributed by atoms with E-state index in [1.807, 2.05) is 0 Å². The molecule has 6 atom stereocenters. The van der Waals surface area contributed by atoms with Crippen LogP contribution < -0.4 is 0 Å². The van der Waals surface area contributed by atoms with Gasteiger partial charge in [0.2, 0.25) is 0 Å². The molecule has 0 radical (unpaired) electrons. The molecule has 2 fully saturated rings. The Morgan fingerprint density at radius 1 is 0.417 bits per heavy atom. The van der Waals surface area contributed by atoms with Crippen LogP contribution in [0.25, 0.3) is 0 Å². The van der Waals surface area contributed by atoms with Gasteiger partial charge in [-0.1, -0.05) is 119 Å². The monoisotopic (exact) mass is 494 g/mol. The van der Waals surface area contributed by atoms with Crippen LogP contribution >= 0.6 is 0 Å². The highest BCUT2D eigenvalue weighted by atomic mass is 16.1. The van der Waals surface area contributed by atoms with Gasteiger partial charge in [0.15, 0.2) is 0 Å². The molecule has 1 heteroatoms. The zero-order valence-electron chi connectivity index (χ0n) is 27.3. The highest BCUT2D eigenvalue weighted by Gasteiger charge is 2.83. The van der Waals surface area contributed by atoms with Crippen LogP contribution in [0.4, 0.5) is 0 Å². The maximum absolute atomic E-state index is 14.6. The molecule has 4 aliphatic carbocycles. The van der Waals surface area contributed by atoms with E-state index in [4.69, 9.17) is 0 Å². The van der Waals surface area contributed by atoms with Gasteiger partial charge in [-0.2, -0.15) is 0 Å². The lowest BCUT2D eigenvalue weighted by molar-refractivity contribution is -0.134. The van der Waals surface area contributed by atoms with Crippen molar-refractivity contribution in [1.82, 2.24) is 0 Å². The van der Waals surface area contributed by atoms with Crippen LogP contribution in [0.1, 0.15) is 137 Å². The molecule has 1 nitrogen and oxygen atoms in total. The fourth-order valence-corrected chi connectivity index (χ4v) is 13.1. The molecule has 0 aromatic carbocycles. The first kappa shape index (κ1) is 28.2. The number of carbonyl (C=O) groups is 1. The summed E-state index contributed by atoms with van der Waals surface area (Å²) in [5.74, 6) is 0.471. The van der Waals surface area contributed by atoms with E-state index in [2.05, 4.69) is 125 Å². The summed E-state index contributed by atoms with van der Waals surface area (Å²) < 4.78 is 0. The Kier molecular flexibility index (Phi) is 5.06. The maximum Gasteiger partial charge on any atom is 0.134 e. The van der Waals surface area contributed by atoms with Crippen molar-refractivity contribution in [2.45, 2.75) is 137 Å². The van der Waals surface area contributed by atoms with Crippen molar-refractivity contribution >= 4 is 5.78 Å². The Hall–Kier alpha value is -0.850. The van der Waals surface area contributed by atoms with Crippen LogP contribution in [-0.4, -0.2) is 5.78 Å². The first-order valence-electron chi connectivity index (χ1n) is 14.6. The van der Waals surface area contributed by atoms with E-state index in [-0.39, 0.29) is 54.1 Å². The molecule has 0 heterocycles. The Bertz CT molecular complexity index is 1050. The molecular formula is C35H58O. The van der Waals surface area contributed by atoms with Gasteiger partial charge in [0.25, 0.3) is 0 Å². The number of allylic oxidation sites excluding steroid dienone is 4. The third-order valence-electron chi connectivity index (χ3n) is 17.7. The fraction of sp³-hybridized carbons (Fsp3) is 0.857. The van der Waals surface area contributed by atoms with Gasteiger partial charge in [0.05, 0.1) is 0 Å². The fourth-order valence-electron chi connectivity index (χ4n) is 13.1. The van der Waals surface area contributed by atoms with Gasteiger partial charge >= 0.3 is 0 Å². The topological polar surface area (TPSA) is 17.1 Å². The Morgan fingerprint density at radius 3 is 0.861 bits per heavy atom. The van der Waals surface area contributed by atoms with E-state index in [1.165, 1.54) is 11.1 Å². The van der Waals surface area contributed by atoms with E-state index in [0.717, 1.165) is 0 Å². The summed E-state index contributed by atoms with van der Waals surface area (Å²) in [5.41, 5.74) is 6.34. The second-order valence-corrected chi connectivity index (χ2v) is 17.1. The van der Waals surface area contributed by atoms with E-state index < -0.39 is 0 Å². The quantitative estimate of drug-likeness (QED) is 0.355. The Morgan fingerprint density at radius 2 is 0.639 bits per heavy atom. The van der Waals surface area contributed by atoms with E-state index in [1.54, 1.807) is 11.1 Å². The molecule has 36 heavy (non-hydrogen) atoms. The van der Waals surface area contributed by atoms with Gasteiger partial charge in [0, 0.05) is 23.7 Å². The first-order valence-corrected chi connectivity index (χ1v) is 14.6. The first-order chi connectivity index (χ1) is 15.7. The highest BCUT2D eigenvalue weighted by Crippen LogP contribution is 2.89. The smallest absolute Gasteiger partial charge is 0.134 e. The van der Waals surface area contributed by atoms with Crippen LogP contribution in [0.3, 0.4) is 0 Å². The van der Waals surface area contributed by atoms with E-state index >= 15 is 0 Å². The van der Waals surface area contributed by atoms with Crippen LogP contribution in [0.15, 0.2) is 22.3 Å². The molecule has 0 aliphatic heterocycles. The van der Waals surface area contributed by atoms with Crippen molar-refractivity contribution in [1.29, 1.82) is 0 Å². The Balaban J connectivity index is 1.82. The molecule has 0 saturated heterocycles. The summed E-state index contributed by atoms with van der Waals surface area (Å²) in [6.45, 7) is 44.1. The van der Waals surface area contributed by atoms with Crippen molar-refractivity contribution in [2.75, 3.05) is 0 Å². The third kappa shape index (κ3) is 1.99. The summed E-state index contributed by atoms with van der Waals surface area (Å²) in [4.78, 5) is 14.6. The maximum atomic E-state index is 14.6. The molecule has 0 aromatic rings. The van der Waals surface area contributed by atoms with Crippen LogP contribution in [-0.2, 0) is 4.79 Å². The van der Waals surface area contributed by atoms with Gasteiger partial charge in [-0.25, -0.2) is 0 Å². The number of hydrogen-bond acceptors (Lipinski definition) is 1. The predicted octanol–water partition coefficient (Wildman–Crippen LogP) is 10.2. The van der Waals surface area contributed by atoms with Crippen molar-refractivity contribution in [3.05, 3.63) is 22.3 Å². The van der Waals surface area contributed by atoms with Gasteiger partial charge in [0.1, 0.15) is 5.78 Å². The van der Waals surface area contributed by atoms with Crippen molar-refractivity contribution in [2.24, 2.45) is 54.1 Å². The van der Waals surface area contributed by atoms with Gasteiger partial charge in [-0.3, -0.25) is 4.79 Å². The zero-order valence-corrected chi connectivity index (χ0v) is 27.3. The number of ketones is 1. The average Bonchev–Trinajstić information content (AvgIpc) is 2.99. The minimum Gasteiger partial charge on any atom is -0.300 e. The average molecular weight is 495 g/mol. The van der Waals surface area contributed by atoms with Crippen molar-refractivity contribution in [3.63, 3.8) is 0 Å². The van der Waals surface area contributed by atoms with Crippen LogP contribution in [0.5, 0.6) is 0 Å². The lowest BCUT2D eigenvalue weighted by Gasteiger charge is -2.57. The second-order valence-electron chi connectivity index (χ2n) is 17.1. The summed E-state index contributed by atoms with van der Waals surface area (Å²) in [7, 11) is 0. The molecule has 0 amide bonds. The number of Topliss-reactive ketones (excluding diaryl/α,β-unsaturated/α-hetero) is 1. The normalized spacial score (nSPS) is 49.4. The highest BCUT2D eigenvalue weighted by molar-refractivity contribution is 5.81. The molecule has 0 aromatic heterocycles. The standard InChI is InChI=1S/C35H58O/c1-21-23(3)34(17)28(9,10)32(21,15)26(5,6)30(34,13)19-25(36)20-31(14)27(7,8)33(16)22(2)24(4)35(31,18)29(33,11)12/h19-20H2,1-18H3. The summed E-state index contributed by atoms with van der Waals surface area (Å²) in [6, 6.07) is 0. The SMILES string of the molecule is CC1=C(C)C2(C)C(C)(C)C1(C)C(C)(C)C2(C)CC(=O)CC1(C)C(C)(C)C2(C)C(C)=C(C)C1(C)C2(C)C. The minimum atomic E-state index is -0.0990. The van der Waals surface area contributed by atoms with Crippen LogP contribution in [0.2, 0.25) is 0 Å². The lowest BCUT2D eigenvalue weighted by Crippen LogP contribution is -2.52. The summed E-state index contributed by atoms with van der Waals surface area (Å²) in [6.07, 6.45) is 1.33. The number of hydrogen-bond donors (Lipinski definition) is 0. The third-order valence-corrected chi connectivity index (χ3v) is 17.7. The second kappa shape index (κ2) is 6.47.